The van der Waals surface area contributed by atoms with Gasteiger partial charge in [0.25, 0.3) is 0 Å². The van der Waals surface area contributed by atoms with Crippen LogP contribution in [0.2, 0.25) is 0 Å². The normalized spacial score (nSPS) is 12.5. The first kappa shape index (κ1) is 11.8. The number of nitrogens with zero attached hydrogens (tertiary/aromatic N) is 1. The maximum absolute atomic E-state index is 5.74. The molecule has 4 heteroatoms. The molecule has 4 nitrogen and oxygen atoms in total. The topological polar surface area (TPSA) is 57.4 Å². The number of rotatable bonds is 5. The van der Waals surface area contributed by atoms with Gasteiger partial charge in [0.2, 0.25) is 5.88 Å². The van der Waals surface area contributed by atoms with Gasteiger partial charge >= 0.3 is 0 Å². The summed E-state index contributed by atoms with van der Waals surface area (Å²) >= 11 is 0. The summed E-state index contributed by atoms with van der Waals surface area (Å²) in [6.07, 6.45) is -0.0402. The fourth-order valence-electron chi connectivity index (χ4n) is 1.15. The Morgan fingerprint density at radius 3 is 2.87 bits per heavy atom. The van der Waals surface area contributed by atoms with Gasteiger partial charge < -0.3 is 15.2 Å². The van der Waals surface area contributed by atoms with Crippen LogP contribution in [0.3, 0.4) is 0 Å². The maximum Gasteiger partial charge on any atom is 0.237 e. The lowest BCUT2D eigenvalue weighted by Gasteiger charge is -2.15. The Kier molecular flexibility index (Phi) is 4.37. The summed E-state index contributed by atoms with van der Waals surface area (Å²) in [5.74, 6) is 0.488. The molecule has 0 radical (unpaired) electrons. The van der Waals surface area contributed by atoms with E-state index in [9.17, 15) is 0 Å². The fraction of sp³-hybridized carbons (Fsp3) is 0.545. The van der Waals surface area contributed by atoms with E-state index in [1.807, 2.05) is 26.8 Å². The third-order valence-corrected chi connectivity index (χ3v) is 1.90. The van der Waals surface area contributed by atoms with E-state index < -0.39 is 0 Å². The van der Waals surface area contributed by atoms with E-state index in [0.29, 0.717) is 24.8 Å². The van der Waals surface area contributed by atoms with Crippen molar-refractivity contribution in [3.05, 3.63) is 17.8 Å². The van der Waals surface area contributed by atoms with Crippen molar-refractivity contribution in [2.75, 3.05) is 18.9 Å². The van der Waals surface area contributed by atoms with Crippen LogP contribution < -0.4 is 10.5 Å². The van der Waals surface area contributed by atoms with Gasteiger partial charge in [0.05, 0.1) is 12.3 Å². The lowest BCUT2D eigenvalue weighted by molar-refractivity contribution is 0.0637. The number of aryl methyl sites for hydroxylation is 1. The van der Waals surface area contributed by atoms with Crippen molar-refractivity contribution in [2.45, 2.75) is 26.9 Å². The predicted octanol–water partition coefficient (Wildman–Crippen LogP) is 1.78. The summed E-state index contributed by atoms with van der Waals surface area (Å²) in [6.45, 7) is 7.01. The van der Waals surface area contributed by atoms with Gasteiger partial charge in [-0.3, -0.25) is 0 Å². The van der Waals surface area contributed by atoms with Crippen molar-refractivity contribution in [3.63, 3.8) is 0 Å². The summed E-state index contributed by atoms with van der Waals surface area (Å²) in [6, 6.07) is 3.65. The molecule has 1 atom stereocenters. The number of aromatic nitrogens is 1. The van der Waals surface area contributed by atoms with Crippen molar-refractivity contribution >= 4 is 5.69 Å². The van der Waals surface area contributed by atoms with Crippen LogP contribution in [0.5, 0.6) is 5.88 Å². The average molecular weight is 210 g/mol. The summed E-state index contributed by atoms with van der Waals surface area (Å²) in [4.78, 5) is 4.22. The highest BCUT2D eigenvalue weighted by Crippen LogP contribution is 2.19. The van der Waals surface area contributed by atoms with E-state index in [1.54, 1.807) is 6.07 Å². The van der Waals surface area contributed by atoms with Gasteiger partial charge in [-0.25, -0.2) is 4.98 Å². The van der Waals surface area contributed by atoms with Crippen LogP contribution in [0.4, 0.5) is 5.69 Å². The molecule has 0 aliphatic heterocycles. The van der Waals surface area contributed by atoms with Crippen molar-refractivity contribution < 1.29 is 9.47 Å². The summed E-state index contributed by atoms with van der Waals surface area (Å²) in [5.41, 5.74) is 7.19. The molecule has 0 fully saturated rings. The molecule has 0 spiro atoms. The quantitative estimate of drug-likeness (QED) is 0.804. The molecule has 0 saturated heterocycles. The molecule has 0 aliphatic carbocycles. The molecule has 0 bridgehead atoms. The molecule has 0 aromatic carbocycles. The third kappa shape index (κ3) is 3.75. The van der Waals surface area contributed by atoms with Crippen molar-refractivity contribution in [2.24, 2.45) is 0 Å². The standard InChI is InChI=1S/C11H18N2O2/c1-4-14-7-9(3)15-11-10(12)6-5-8(2)13-11/h5-6,9H,4,7,12H2,1-3H3. The minimum absolute atomic E-state index is 0.0402. The molecule has 1 heterocycles. The first-order valence-electron chi connectivity index (χ1n) is 5.11. The summed E-state index contributed by atoms with van der Waals surface area (Å²) in [7, 11) is 0. The van der Waals surface area contributed by atoms with Gasteiger partial charge in [0.15, 0.2) is 0 Å². The van der Waals surface area contributed by atoms with Gasteiger partial charge in [-0.05, 0) is 32.9 Å². The zero-order valence-corrected chi connectivity index (χ0v) is 9.49. The Balaban J connectivity index is 2.59. The second-order valence-corrected chi connectivity index (χ2v) is 3.43. The van der Waals surface area contributed by atoms with E-state index >= 15 is 0 Å². The van der Waals surface area contributed by atoms with Crippen molar-refractivity contribution in [1.29, 1.82) is 0 Å². The van der Waals surface area contributed by atoms with Crippen LogP contribution in [0.15, 0.2) is 12.1 Å². The van der Waals surface area contributed by atoms with Crippen LogP contribution in [-0.2, 0) is 4.74 Å². The number of nitrogens with two attached hydrogens (primary N) is 1. The lowest BCUT2D eigenvalue weighted by atomic mass is 10.3. The number of ether oxygens (including phenoxy) is 2. The maximum atomic E-state index is 5.74. The van der Waals surface area contributed by atoms with Gasteiger partial charge in [-0.1, -0.05) is 0 Å². The van der Waals surface area contributed by atoms with Crippen LogP contribution in [0.1, 0.15) is 19.5 Å². The number of hydrogen-bond acceptors (Lipinski definition) is 4. The van der Waals surface area contributed by atoms with Crippen LogP contribution in [-0.4, -0.2) is 24.3 Å². The van der Waals surface area contributed by atoms with E-state index in [1.165, 1.54) is 0 Å². The minimum Gasteiger partial charge on any atom is -0.471 e. The Morgan fingerprint density at radius 1 is 1.47 bits per heavy atom. The minimum atomic E-state index is -0.0402. The SMILES string of the molecule is CCOCC(C)Oc1nc(C)ccc1N. The molecule has 2 N–H and O–H groups in total. The number of anilines is 1. The second kappa shape index (κ2) is 5.56. The monoisotopic (exact) mass is 210 g/mol. The van der Waals surface area contributed by atoms with Crippen molar-refractivity contribution in [3.8, 4) is 5.88 Å². The largest absolute Gasteiger partial charge is 0.471 e. The zero-order valence-electron chi connectivity index (χ0n) is 9.49. The highest BCUT2D eigenvalue weighted by molar-refractivity contribution is 5.48. The Labute approximate surface area is 90.4 Å². The number of pyridine rings is 1. The first-order valence-corrected chi connectivity index (χ1v) is 5.11. The fourth-order valence-corrected chi connectivity index (χ4v) is 1.15. The molecular formula is C11H18N2O2. The molecular weight excluding hydrogens is 192 g/mol. The predicted molar refractivity (Wildman–Crippen MR) is 60.0 cm³/mol. The summed E-state index contributed by atoms with van der Waals surface area (Å²) < 4.78 is 10.8. The van der Waals surface area contributed by atoms with Crippen LogP contribution >= 0.6 is 0 Å². The lowest BCUT2D eigenvalue weighted by Crippen LogP contribution is -2.20. The van der Waals surface area contributed by atoms with Crippen LogP contribution in [0.25, 0.3) is 0 Å². The molecule has 0 aliphatic rings. The molecule has 0 saturated carbocycles. The molecule has 15 heavy (non-hydrogen) atoms. The molecule has 1 aromatic heterocycles. The molecule has 84 valence electrons. The van der Waals surface area contributed by atoms with Crippen LogP contribution in [0, 0.1) is 6.92 Å². The van der Waals surface area contributed by atoms with E-state index in [-0.39, 0.29) is 6.10 Å². The van der Waals surface area contributed by atoms with Gasteiger partial charge in [-0.15, -0.1) is 0 Å². The smallest absolute Gasteiger partial charge is 0.237 e. The van der Waals surface area contributed by atoms with Crippen molar-refractivity contribution in [1.82, 2.24) is 4.98 Å². The zero-order chi connectivity index (χ0) is 11.3. The molecule has 0 amide bonds. The van der Waals surface area contributed by atoms with E-state index in [0.717, 1.165) is 5.69 Å². The average Bonchev–Trinajstić information content (AvgIpc) is 2.20. The Hall–Kier alpha value is -1.29. The number of hydrogen-bond donors (Lipinski definition) is 1. The Bertz CT molecular complexity index is 315. The highest BCUT2D eigenvalue weighted by Gasteiger charge is 2.08. The van der Waals surface area contributed by atoms with E-state index in [4.69, 9.17) is 15.2 Å². The third-order valence-electron chi connectivity index (χ3n) is 1.90. The van der Waals surface area contributed by atoms with Gasteiger partial charge in [-0.2, -0.15) is 0 Å². The van der Waals surface area contributed by atoms with E-state index in [2.05, 4.69) is 4.98 Å². The van der Waals surface area contributed by atoms with Gasteiger partial charge in [0, 0.05) is 12.3 Å². The Morgan fingerprint density at radius 2 is 2.20 bits per heavy atom. The number of nitrogen functional groups attached to an aromatic ring is 1. The summed E-state index contributed by atoms with van der Waals surface area (Å²) in [5, 5.41) is 0. The van der Waals surface area contributed by atoms with Gasteiger partial charge in [0.1, 0.15) is 6.10 Å². The first-order chi connectivity index (χ1) is 7.13. The second-order valence-electron chi connectivity index (χ2n) is 3.43. The molecule has 1 aromatic rings. The molecule has 1 unspecified atom stereocenters. The molecule has 1 rings (SSSR count). The highest BCUT2D eigenvalue weighted by atomic mass is 16.5.